The second-order valence-corrected chi connectivity index (χ2v) is 7.63. The summed E-state index contributed by atoms with van der Waals surface area (Å²) in [6.45, 7) is 2.07. The Balaban J connectivity index is 1.97. The second kappa shape index (κ2) is 7.86. The van der Waals surface area contributed by atoms with E-state index in [2.05, 4.69) is 11.1 Å². The Morgan fingerprint density at radius 3 is 2.77 bits per heavy atom. The molecule has 4 rings (SSSR count). The van der Waals surface area contributed by atoms with Gasteiger partial charge in [0, 0.05) is 18.0 Å². The number of allylic oxidation sites excluding steroid dienone is 1. The molecule has 1 aliphatic heterocycles. The fourth-order valence-electron chi connectivity index (χ4n) is 3.59. The first-order chi connectivity index (χ1) is 14.4. The van der Waals surface area contributed by atoms with E-state index in [1.54, 1.807) is 42.0 Å². The summed E-state index contributed by atoms with van der Waals surface area (Å²) in [7, 11) is 0. The Kier molecular flexibility index (Phi) is 5.25. The number of hydrogen-bond donors (Lipinski definition) is 1. The van der Waals surface area contributed by atoms with Crippen LogP contribution < -0.4 is 16.0 Å². The molecule has 0 unspecified atom stereocenters. The van der Waals surface area contributed by atoms with Gasteiger partial charge in [0.2, 0.25) is 5.88 Å². The van der Waals surface area contributed by atoms with Crippen LogP contribution in [0.25, 0.3) is 0 Å². The third-order valence-electron chi connectivity index (χ3n) is 5.03. The van der Waals surface area contributed by atoms with E-state index in [1.807, 2.05) is 18.2 Å². The highest BCUT2D eigenvalue weighted by molar-refractivity contribution is 6.42. The van der Waals surface area contributed by atoms with Crippen molar-refractivity contribution in [2.45, 2.75) is 19.4 Å². The Morgan fingerprint density at radius 2 is 2.07 bits per heavy atom. The first-order valence-corrected chi connectivity index (χ1v) is 9.83. The molecule has 0 saturated carbocycles. The summed E-state index contributed by atoms with van der Waals surface area (Å²) in [4.78, 5) is 17.9. The van der Waals surface area contributed by atoms with Crippen LogP contribution in [0.3, 0.4) is 0 Å². The van der Waals surface area contributed by atoms with Crippen molar-refractivity contribution in [3.63, 3.8) is 0 Å². The van der Waals surface area contributed by atoms with E-state index in [1.165, 1.54) is 0 Å². The molecule has 1 aliphatic rings. The zero-order valence-corrected chi connectivity index (χ0v) is 17.4. The maximum atomic E-state index is 13.6. The van der Waals surface area contributed by atoms with Gasteiger partial charge >= 0.3 is 0 Å². The Labute approximate surface area is 182 Å². The summed E-state index contributed by atoms with van der Waals surface area (Å²) in [6, 6.07) is 14.4. The molecule has 0 aliphatic carbocycles. The Bertz CT molecular complexity index is 1280. The van der Waals surface area contributed by atoms with E-state index in [0.717, 1.165) is 5.69 Å². The number of aromatic nitrogens is 2. The molecule has 0 saturated heterocycles. The number of pyridine rings is 2. The molecule has 0 amide bonds. The molecular formula is C22H16Cl2N4O2. The highest BCUT2D eigenvalue weighted by Crippen LogP contribution is 2.44. The molecule has 0 spiro atoms. The highest BCUT2D eigenvalue weighted by atomic mass is 35.5. The van der Waals surface area contributed by atoms with Crippen molar-refractivity contribution < 1.29 is 4.74 Å². The topological polar surface area (TPSA) is 93.9 Å². The molecule has 3 heterocycles. The summed E-state index contributed by atoms with van der Waals surface area (Å²) in [5, 5.41) is 10.3. The minimum atomic E-state index is -0.798. The van der Waals surface area contributed by atoms with Gasteiger partial charge in [-0.1, -0.05) is 41.4 Å². The fourth-order valence-corrected chi connectivity index (χ4v) is 4.01. The average Bonchev–Trinajstić information content (AvgIpc) is 2.73. The minimum absolute atomic E-state index is 0.0627. The minimum Gasteiger partial charge on any atom is -0.440 e. The van der Waals surface area contributed by atoms with Gasteiger partial charge in [0.05, 0.1) is 33.8 Å². The molecule has 1 atom stereocenters. The quantitative estimate of drug-likeness (QED) is 0.663. The van der Waals surface area contributed by atoms with Crippen molar-refractivity contribution in [1.82, 2.24) is 9.55 Å². The number of aryl methyl sites for hydroxylation is 1. The highest BCUT2D eigenvalue weighted by Gasteiger charge is 2.35. The maximum absolute atomic E-state index is 13.6. The van der Waals surface area contributed by atoms with Gasteiger partial charge in [-0.15, -0.1) is 0 Å². The van der Waals surface area contributed by atoms with Crippen LogP contribution in [0.2, 0.25) is 10.0 Å². The number of benzene rings is 1. The molecule has 30 heavy (non-hydrogen) atoms. The summed E-state index contributed by atoms with van der Waals surface area (Å²) in [6.07, 6.45) is 1.67. The van der Waals surface area contributed by atoms with Crippen molar-refractivity contribution in [3.05, 3.63) is 103 Å². The number of nitrogens with zero attached hydrogens (tertiary/aromatic N) is 3. The molecule has 0 radical (unpaired) electrons. The SMILES string of the molecule is Cc1cc2c(c(=O)n1Cc1ccccn1)[C@@H](c1cccc(Cl)c1Cl)C(C#N)=C(N)O2. The van der Waals surface area contributed by atoms with Crippen LogP contribution >= 0.6 is 23.2 Å². The van der Waals surface area contributed by atoms with Gasteiger partial charge in [-0.25, -0.2) is 0 Å². The lowest BCUT2D eigenvalue weighted by Crippen LogP contribution is -2.33. The number of rotatable bonds is 3. The van der Waals surface area contributed by atoms with E-state index in [9.17, 15) is 10.1 Å². The molecular weight excluding hydrogens is 423 g/mol. The van der Waals surface area contributed by atoms with Crippen LogP contribution in [-0.4, -0.2) is 9.55 Å². The van der Waals surface area contributed by atoms with Crippen LogP contribution in [0.15, 0.2) is 64.9 Å². The lowest BCUT2D eigenvalue weighted by Gasteiger charge is -2.28. The van der Waals surface area contributed by atoms with Crippen LogP contribution in [0.1, 0.15) is 28.4 Å². The monoisotopic (exact) mass is 438 g/mol. The van der Waals surface area contributed by atoms with Gasteiger partial charge in [0.15, 0.2) is 0 Å². The van der Waals surface area contributed by atoms with Gasteiger partial charge in [-0.3, -0.25) is 9.78 Å². The van der Waals surface area contributed by atoms with Crippen LogP contribution in [0.4, 0.5) is 0 Å². The normalized spacial score (nSPS) is 15.3. The van der Waals surface area contributed by atoms with E-state index in [-0.39, 0.29) is 34.1 Å². The van der Waals surface area contributed by atoms with Crippen LogP contribution in [0.5, 0.6) is 5.75 Å². The lowest BCUT2D eigenvalue weighted by molar-refractivity contribution is 0.389. The van der Waals surface area contributed by atoms with E-state index in [0.29, 0.717) is 22.0 Å². The molecule has 6 nitrogen and oxygen atoms in total. The molecule has 2 aromatic heterocycles. The standard InChI is InChI=1S/C22H16Cl2N4O2/c1-12-9-17-19(22(29)28(12)11-13-5-2-3-8-27-13)18(15(10-25)21(26)30-17)14-6-4-7-16(23)20(14)24/h2-9,18H,11,26H2,1H3/t18-/m0/s1. The summed E-state index contributed by atoms with van der Waals surface area (Å²) in [5.74, 6) is -0.562. The van der Waals surface area contributed by atoms with E-state index < -0.39 is 5.92 Å². The third-order valence-corrected chi connectivity index (χ3v) is 5.86. The molecule has 0 bridgehead atoms. The molecule has 1 aromatic carbocycles. The maximum Gasteiger partial charge on any atom is 0.259 e. The predicted molar refractivity (Wildman–Crippen MR) is 115 cm³/mol. The number of nitrogens with two attached hydrogens (primary N) is 1. The van der Waals surface area contributed by atoms with Crippen molar-refractivity contribution in [1.29, 1.82) is 5.26 Å². The van der Waals surface area contributed by atoms with Crippen LogP contribution in [0, 0.1) is 18.3 Å². The van der Waals surface area contributed by atoms with Gasteiger partial charge in [0.25, 0.3) is 5.56 Å². The average molecular weight is 439 g/mol. The van der Waals surface area contributed by atoms with Gasteiger partial charge in [-0.05, 0) is 30.7 Å². The number of nitriles is 1. The number of ether oxygens (including phenoxy) is 1. The lowest BCUT2D eigenvalue weighted by atomic mass is 9.84. The number of hydrogen-bond acceptors (Lipinski definition) is 5. The smallest absolute Gasteiger partial charge is 0.259 e. The van der Waals surface area contributed by atoms with Crippen molar-refractivity contribution in [2.75, 3.05) is 0 Å². The first kappa shape index (κ1) is 20.0. The van der Waals surface area contributed by atoms with Crippen LogP contribution in [-0.2, 0) is 6.54 Å². The van der Waals surface area contributed by atoms with Gasteiger partial charge < -0.3 is 15.0 Å². The molecule has 2 N–H and O–H groups in total. The van der Waals surface area contributed by atoms with E-state index in [4.69, 9.17) is 33.7 Å². The predicted octanol–water partition coefficient (Wildman–Crippen LogP) is 4.13. The zero-order valence-electron chi connectivity index (χ0n) is 15.9. The Hall–Kier alpha value is -3.27. The zero-order chi connectivity index (χ0) is 21.4. The van der Waals surface area contributed by atoms with E-state index >= 15 is 0 Å². The fraction of sp³-hybridized carbons (Fsp3) is 0.136. The molecule has 3 aromatic rings. The number of fused-ring (bicyclic) bond motifs is 1. The molecule has 8 heteroatoms. The number of halogens is 2. The Morgan fingerprint density at radius 1 is 1.27 bits per heavy atom. The summed E-state index contributed by atoms with van der Waals surface area (Å²) < 4.78 is 7.24. The second-order valence-electron chi connectivity index (χ2n) is 6.84. The molecule has 0 fully saturated rings. The summed E-state index contributed by atoms with van der Waals surface area (Å²) in [5.41, 5.74) is 8.02. The van der Waals surface area contributed by atoms with Crippen molar-refractivity contribution >= 4 is 23.2 Å². The van der Waals surface area contributed by atoms with Crippen molar-refractivity contribution in [2.24, 2.45) is 5.73 Å². The largest absolute Gasteiger partial charge is 0.440 e. The first-order valence-electron chi connectivity index (χ1n) is 9.08. The van der Waals surface area contributed by atoms with Gasteiger partial charge in [-0.2, -0.15) is 5.26 Å². The van der Waals surface area contributed by atoms with Crippen molar-refractivity contribution in [3.8, 4) is 11.8 Å². The third kappa shape index (κ3) is 3.32. The van der Waals surface area contributed by atoms with Gasteiger partial charge in [0.1, 0.15) is 17.4 Å². The summed E-state index contributed by atoms with van der Waals surface area (Å²) >= 11 is 12.7. The molecule has 150 valence electrons.